The van der Waals surface area contributed by atoms with Gasteiger partial charge >= 0.3 is 0 Å². The molecule has 3 N–H and O–H groups in total. The molecule has 0 fully saturated rings. The van der Waals surface area contributed by atoms with E-state index >= 15 is 0 Å². The molecule has 1 heterocycles. The smallest absolute Gasteiger partial charge is 0.273 e. The molecule has 0 spiro atoms. The highest BCUT2D eigenvalue weighted by Gasteiger charge is 2.21. The molecule has 2 rings (SSSR count). The number of aromatic nitrogens is 1. The topological polar surface area (TPSA) is 85.1 Å². The second-order valence-corrected chi connectivity index (χ2v) is 6.30. The molecule has 0 atom stereocenters. The van der Waals surface area contributed by atoms with Gasteiger partial charge < -0.3 is 5.73 Å². The van der Waals surface area contributed by atoms with Crippen LogP contribution >= 0.6 is 11.3 Å². The fourth-order valence-electron chi connectivity index (χ4n) is 1.36. The van der Waals surface area contributed by atoms with E-state index in [1.165, 1.54) is 0 Å². The zero-order valence-electron chi connectivity index (χ0n) is 9.04. The van der Waals surface area contributed by atoms with E-state index in [1.807, 2.05) is 6.07 Å². The van der Waals surface area contributed by atoms with E-state index in [-0.39, 0.29) is 9.34 Å². The Morgan fingerprint density at radius 2 is 1.94 bits per heavy atom. The number of nitrogens with one attached hydrogen (secondary N) is 1. The van der Waals surface area contributed by atoms with Crippen molar-refractivity contribution in [2.45, 2.75) is 11.1 Å². The van der Waals surface area contributed by atoms with E-state index in [4.69, 9.17) is 5.73 Å². The second-order valence-electron chi connectivity index (χ2n) is 3.40. The Balaban J connectivity index is 2.35. The van der Waals surface area contributed by atoms with Gasteiger partial charge in [0.05, 0.1) is 5.69 Å². The quantitative estimate of drug-likeness (QED) is 0.890. The predicted molar refractivity (Wildman–Crippen MR) is 68.5 cm³/mol. The lowest BCUT2D eigenvalue weighted by atomic mass is 10.3. The van der Waals surface area contributed by atoms with Crippen molar-refractivity contribution in [3.63, 3.8) is 0 Å². The summed E-state index contributed by atoms with van der Waals surface area (Å²) < 4.78 is 26.7. The van der Waals surface area contributed by atoms with Gasteiger partial charge in [0.2, 0.25) is 0 Å². The third kappa shape index (κ3) is 2.56. The molecule has 0 radical (unpaired) electrons. The van der Waals surface area contributed by atoms with Crippen molar-refractivity contribution >= 4 is 32.2 Å². The maximum Gasteiger partial charge on any atom is 0.273 e. The van der Waals surface area contributed by atoms with Crippen LogP contribution in [0.3, 0.4) is 0 Å². The Kier molecular flexibility index (Phi) is 3.03. The minimum absolute atomic E-state index is 0.152. The minimum Gasteiger partial charge on any atom is -0.375 e. The number of sulfonamides is 1. The van der Waals surface area contributed by atoms with Gasteiger partial charge in [0.1, 0.15) is 0 Å². The number of hydrogen-bond acceptors (Lipinski definition) is 5. The average Bonchev–Trinajstić information content (AvgIpc) is 2.59. The molecule has 1 aromatic heterocycles. The first-order valence-electron chi connectivity index (χ1n) is 4.80. The summed E-state index contributed by atoms with van der Waals surface area (Å²) in [7, 11) is -3.60. The number of benzene rings is 1. The van der Waals surface area contributed by atoms with Crippen molar-refractivity contribution in [1.29, 1.82) is 0 Å². The highest BCUT2D eigenvalue weighted by atomic mass is 32.2. The largest absolute Gasteiger partial charge is 0.375 e. The van der Waals surface area contributed by atoms with Crippen LogP contribution in [0.25, 0.3) is 0 Å². The van der Waals surface area contributed by atoms with E-state index < -0.39 is 10.0 Å². The summed E-state index contributed by atoms with van der Waals surface area (Å²) in [5, 5.41) is 0.246. The minimum atomic E-state index is -3.60. The van der Waals surface area contributed by atoms with Crippen LogP contribution in [-0.4, -0.2) is 13.4 Å². The molecule has 5 nitrogen and oxygen atoms in total. The first-order valence-corrected chi connectivity index (χ1v) is 7.10. The number of para-hydroxylation sites is 1. The monoisotopic (exact) mass is 269 g/mol. The van der Waals surface area contributed by atoms with Crippen LogP contribution in [0.5, 0.6) is 0 Å². The van der Waals surface area contributed by atoms with Gasteiger partial charge in [-0.15, -0.1) is 0 Å². The maximum absolute atomic E-state index is 12.0. The van der Waals surface area contributed by atoms with Gasteiger partial charge in [0.25, 0.3) is 10.0 Å². The normalized spacial score (nSPS) is 11.4. The first kappa shape index (κ1) is 11.9. The van der Waals surface area contributed by atoms with Gasteiger partial charge in [0, 0.05) is 5.69 Å². The van der Waals surface area contributed by atoms with E-state index in [0.717, 1.165) is 11.3 Å². The summed E-state index contributed by atoms with van der Waals surface area (Å²) in [6.07, 6.45) is 0. The Labute approximate surface area is 103 Å². The highest BCUT2D eigenvalue weighted by molar-refractivity contribution is 7.94. The number of rotatable bonds is 3. The molecule has 0 aliphatic heterocycles. The van der Waals surface area contributed by atoms with Crippen molar-refractivity contribution in [3.05, 3.63) is 36.0 Å². The third-order valence-electron chi connectivity index (χ3n) is 2.04. The zero-order chi connectivity index (χ0) is 12.5. The zero-order valence-corrected chi connectivity index (χ0v) is 10.7. The number of anilines is 2. The summed E-state index contributed by atoms with van der Waals surface area (Å²) in [6.45, 7) is 1.62. The fraction of sp³-hybridized carbons (Fsp3) is 0.100. The molecule has 0 aliphatic rings. The van der Waals surface area contributed by atoms with Gasteiger partial charge in [-0.2, -0.15) is 0 Å². The van der Waals surface area contributed by atoms with Crippen LogP contribution in [0.15, 0.2) is 34.5 Å². The molecule has 0 amide bonds. The van der Waals surface area contributed by atoms with Gasteiger partial charge in [0.15, 0.2) is 9.34 Å². The van der Waals surface area contributed by atoms with Gasteiger partial charge in [-0.05, 0) is 19.1 Å². The Morgan fingerprint density at radius 3 is 2.47 bits per heavy atom. The molecular formula is C10H11N3O2S2. The molecule has 0 aliphatic carbocycles. The van der Waals surface area contributed by atoms with Crippen LogP contribution in [0, 0.1) is 6.92 Å². The second kappa shape index (κ2) is 4.34. The number of hydrogen-bond donors (Lipinski definition) is 2. The van der Waals surface area contributed by atoms with E-state index in [0.29, 0.717) is 11.4 Å². The van der Waals surface area contributed by atoms with Crippen LogP contribution in [-0.2, 0) is 10.0 Å². The first-order chi connectivity index (χ1) is 7.99. The molecule has 90 valence electrons. The summed E-state index contributed by atoms with van der Waals surface area (Å²) in [5.74, 6) is 0. The Morgan fingerprint density at radius 1 is 1.29 bits per heavy atom. The standard InChI is InChI=1S/C10H11N3O2S2/c1-7-9(16-10(11)12-7)17(14,15)13-8-5-3-2-4-6-8/h2-6,13H,1H3,(H2,11,12). The van der Waals surface area contributed by atoms with Crippen molar-refractivity contribution in [2.75, 3.05) is 10.5 Å². The average molecular weight is 269 g/mol. The van der Waals surface area contributed by atoms with Gasteiger partial charge in [-0.25, -0.2) is 13.4 Å². The van der Waals surface area contributed by atoms with Crippen molar-refractivity contribution in [2.24, 2.45) is 0 Å². The summed E-state index contributed by atoms with van der Waals surface area (Å²) in [6, 6.07) is 8.68. The number of aryl methyl sites for hydroxylation is 1. The molecule has 0 saturated heterocycles. The lowest BCUT2D eigenvalue weighted by Crippen LogP contribution is -2.12. The fourth-order valence-corrected chi connectivity index (χ4v) is 3.72. The van der Waals surface area contributed by atoms with E-state index in [2.05, 4.69) is 9.71 Å². The Bertz CT molecular complexity index is 620. The van der Waals surface area contributed by atoms with E-state index in [1.54, 1.807) is 31.2 Å². The van der Waals surface area contributed by atoms with Crippen LogP contribution in [0.2, 0.25) is 0 Å². The van der Waals surface area contributed by atoms with Crippen molar-refractivity contribution in [3.8, 4) is 0 Å². The molecular weight excluding hydrogens is 258 g/mol. The third-order valence-corrected chi connectivity index (χ3v) is 5.02. The highest BCUT2D eigenvalue weighted by Crippen LogP contribution is 2.26. The van der Waals surface area contributed by atoms with Crippen LogP contribution < -0.4 is 10.5 Å². The SMILES string of the molecule is Cc1nc(N)sc1S(=O)(=O)Nc1ccccc1. The van der Waals surface area contributed by atoms with Crippen molar-refractivity contribution < 1.29 is 8.42 Å². The molecule has 2 aromatic rings. The molecule has 0 unspecified atom stereocenters. The van der Waals surface area contributed by atoms with Crippen LogP contribution in [0.1, 0.15) is 5.69 Å². The van der Waals surface area contributed by atoms with Crippen LogP contribution in [0.4, 0.5) is 10.8 Å². The van der Waals surface area contributed by atoms with Gasteiger partial charge in [-0.3, -0.25) is 4.72 Å². The number of nitrogens with two attached hydrogens (primary N) is 1. The molecule has 7 heteroatoms. The lowest BCUT2D eigenvalue weighted by Gasteiger charge is -2.05. The summed E-state index contributed by atoms with van der Waals surface area (Å²) in [4.78, 5) is 3.90. The van der Waals surface area contributed by atoms with Gasteiger partial charge in [-0.1, -0.05) is 29.5 Å². The maximum atomic E-state index is 12.0. The number of thiazole rings is 1. The summed E-state index contributed by atoms with van der Waals surface area (Å²) >= 11 is 0.957. The lowest BCUT2D eigenvalue weighted by molar-refractivity contribution is 0.602. The predicted octanol–water partition coefficient (Wildman–Crippen LogP) is 1.83. The molecule has 1 aromatic carbocycles. The number of nitrogens with zero attached hydrogens (tertiary/aromatic N) is 1. The van der Waals surface area contributed by atoms with E-state index in [9.17, 15) is 8.42 Å². The molecule has 0 saturated carbocycles. The Hall–Kier alpha value is -1.60. The van der Waals surface area contributed by atoms with Crippen molar-refractivity contribution in [1.82, 2.24) is 4.98 Å². The molecule has 17 heavy (non-hydrogen) atoms. The summed E-state index contributed by atoms with van der Waals surface area (Å²) in [5.41, 5.74) is 6.41. The number of nitrogen functional groups attached to an aromatic ring is 1. The molecule has 0 bridgehead atoms.